The Bertz CT molecular complexity index is 363. The Morgan fingerprint density at radius 1 is 1.19 bits per heavy atom. The third kappa shape index (κ3) is 3.58. The lowest BCUT2D eigenvalue weighted by molar-refractivity contribution is -0.137. The van der Waals surface area contributed by atoms with Gasteiger partial charge in [-0.2, -0.15) is 0 Å². The fraction of sp³-hybridized carbons (Fsp3) is 0.938. The minimum absolute atomic E-state index is 0.344. The summed E-state index contributed by atoms with van der Waals surface area (Å²) >= 11 is 0. The van der Waals surface area contributed by atoms with Gasteiger partial charge in [-0.25, -0.2) is 0 Å². The van der Waals surface area contributed by atoms with Crippen LogP contribution in [0.2, 0.25) is 0 Å². The molecule has 3 heterocycles. The van der Waals surface area contributed by atoms with Gasteiger partial charge in [-0.3, -0.25) is 14.6 Å². The van der Waals surface area contributed by atoms with Crippen molar-refractivity contribution in [1.82, 2.24) is 14.7 Å². The first kappa shape index (κ1) is 15.3. The molecule has 3 saturated heterocycles. The molecule has 3 fully saturated rings. The third-order valence-corrected chi connectivity index (χ3v) is 5.18. The summed E-state index contributed by atoms with van der Waals surface area (Å²) in [6.07, 6.45) is 1.81. The van der Waals surface area contributed by atoms with Gasteiger partial charge in [0.2, 0.25) is 5.91 Å². The van der Waals surface area contributed by atoms with Crippen LogP contribution in [-0.4, -0.2) is 85.2 Å². The van der Waals surface area contributed by atoms with Crippen molar-refractivity contribution in [3.8, 4) is 0 Å². The molecular weight excluding hydrogens is 266 g/mol. The van der Waals surface area contributed by atoms with Crippen molar-refractivity contribution in [1.29, 1.82) is 0 Å². The molecule has 0 bridgehead atoms. The fourth-order valence-electron chi connectivity index (χ4n) is 3.82. The number of nitrogens with zero attached hydrogens (tertiary/aromatic N) is 3. The highest BCUT2D eigenvalue weighted by Gasteiger charge is 2.35. The number of carbonyl (C=O) groups is 1. The van der Waals surface area contributed by atoms with Gasteiger partial charge in [0.05, 0.1) is 13.2 Å². The zero-order valence-corrected chi connectivity index (χ0v) is 13.5. The fourth-order valence-corrected chi connectivity index (χ4v) is 3.82. The summed E-state index contributed by atoms with van der Waals surface area (Å²) in [7, 11) is 0. The van der Waals surface area contributed by atoms with Crippen molar-refractivity contribution >= 4 is 5.91 Å². The van der Waals surface area contributed by atoms with Crippen LogP contribution in [0.25, 0.3) is 0 Å². The number of rotatable bonds is 4. The summed E-state index contributed by atoms with van der Waals surface area (Å²) in [5, 5.41) is 0. The zero-order chi connectivity index (χ0) is 14.8. The highest BCUT2D eigenvalue weighted by atomic mass is 16.5. The standard InChI is InChI=1S/C16H29N3O2/c1-13(2)19-10-14(3-4-16(19)20)9-17-11-15(12-17)18-5-7-21-8-6-18/h13-15H,3-12H2,1-2H3. The number of ether oxygens (including phenoxy) is 1. The van der Waals surface area contributed by atoms with Gasteiger partial charge in [0.1, 0.15) is 0 Å². The van der Waals surface area contributed by atoms with E-state index in [1.54, 1.807) is 0 Å². The van der Waals surface area contributed by atoms with E-state index in [9.17, 15) is 4.79 Å². The average Bonchev–Trinajstić information content (AvgIpc) is 2.44. The lowest BCUT2D eigenvalue weighted by Crippen LogP contribution is -2.62. The van der Waals surface area contributed by atoms with Crippen LogP contribution in [0, 0.1) is 5.92 Å². The summed E-state index contributed by atoms with van der Waals surface area (Å²) in [5.74, 6) is 1.01. The lowest BCUT2D eigenvalue weighted by atomic mass is 9.94. The van der Waals surface area contributed by atoms with Crippen LogP contribution >= 0.6 is 0 Å². The van der Waals surface area contributed by atoms with Crippen molar-refractivity contribution in [2.75, 3.05) is 52.5 Å². The van der Waals surface area contributed by atoms with E-state index in [0.717, 1.165) is 58.3 Å². The molecule has 0 aromatic heterocycles. The minimum Gasteiger partial charge on any atom is -0.379 e. The number of amides is 1. The molecule has 120 valence electrons. The SMILES string of the molecule is CC(C)N1CC(CN2CC(N3CCOCC3)C2)CCC1=O. The van der Waals surface area contributed by atoms with Crippen LogP contribution in [0.5, 0.6) is 0 Å². The first-order chi connectivity index (χ1) is 10.1. The van der Waals surface area contributed by atoms with Gasteiger partial charge in [-0.05, 0) is 26.2 Å². The largest absolute Gasteiger partial charge is 0.379 e. The second-order valence-corrected chi connectivity index (χ2v) is 7.07. The van der Waals surface area contributed by atoms with Gasteiger partial charge in [-0.15, -0.1) is 0 Å². The van der Waals surface area contributed by atoms with Gasteiger partial charge in [0.25, 0.3) is 0 Å². The predicted molar refractivity (Wildman–Crippen MR) is 82.2 cm³/mol. The second-order valence-electron chi connectivity index (χ2n) is 7.07. The molecule has 0 N–H and O–H groups in total. The molecular formula is C16H29N3O2. The molecule has 0 spiro atoms. The quantitative estimate of drug-likeness (QED) is 0.763. The monoisotopic (exact) mass is 295 g/mol. The Kier molecular flexibility index (Phi) is 4.82. The molecule has 3 aliphatic rings. The normalized spacial score (nSPS) is 30.0. The van der Waals surface area contributed by atoms with Gasteiger partial charge in [0.15, 0.2) is 0 Å². The molecule has 5 heteroatoms. The first-order valence-electron chi connectivity index (χ1n) is 8.47. The van der Waals surface area contributed by atoms with E-state index in [1.165, 1.54) is 13.1 Å². The molecule has 0 aromatic rings. The van der Waals surface area contributed by atoms with Crippen LogP contribution in [-0.2, 0) is 9.53 Å². The lowest BCUT2D eigenvalue weighted by Gasteiger charge is -2.48. The summed E-state index contributed by atoms with van der Waals surface area (Å²) in [6, 6.07) is 1.08. The van der Waals surface area contributed by atoms with E-state index in [-0.39, 0.29) is 0 Å². The summed E-state index contributed by atoms with van der Waals surface area (Å²) in [6.45, 7) is 12.7. The minimum atomic E-state index is 0.344. The van der Waals surface area contributed by atoms with E-state index >= 15 is 0 Å². The molecule has 1 amide bonds. The number of likely N-dealkylation sites (tertiary alicyclic amines) is 2. The summed E-state index contributed by atoms with van der Waals surface area (Å²) < 4.78 is 5.42. The summed E-state index contributed by atoms with van der Waals surface area (Å²) in [5.41, 5.74) is 0. The van der Waals surface area contributed by atoms with E-state index < -0.39 is 0 Å². The molecule has 0 saturated carbocycles. The van der Waals surface area contributed by atoms with Crippen molar-refractivity contribution in [3.63, 3.8) is 0 Å². The molecule has 5 nitrogen and oxygen atoms in total. The molecule has 0 radical (unpaired) electrons. The first-order valence-corrected chi connectivity index (χ1v) is 8.47. The maximum atomic E-state index is 11.9. The van der Waals surface area contributed by atoms with Crippen LogP contribution in [0.3, 0.4) is 0 Å². The Morgan fingerprint density at radius 3 is 2.57 bits per heavy atom. The second kappa shape index (κ2) is 6.63. The number of hydrogen-bond acceptors (Lipinski definition) is 4. The number of carbonyl (C=O) groups excluding carboxylic acids is 1. The number of hydrogen-bond donors (Lipinski definition) is 0. The van der Waals surface area contributed by atoms with Crippen LogP contribution in [0.4, 0.5) is 0 Å². The van der Waals surface area contributed by atoms with Gasteiger partial charge < -0.3 is 9.64 Å². The van der Waals surface area contributed by atoms with Crippen LogP contribution in [0.1, 0.15) is 26.7 Å². The molecule has 21 heavy (non-hydrogen) atoms. The van der Waals surface area contributed by atoms with E-state index in [2.05, 4.69) is 28.5 Å². The topological polar surface area (TPSA) is 36.0 Å². The predicted octanol–water partition coefficient (Wildman–Crippen LogP) is 0.650. The van der Waals surface area contributed by atoms with Crippen LogP contribution in [0.15, 0.2) is 0 Å². The van der Waals surface area contributed by atoms with E-state index in [0.29, 0.717) is 17.9 Å². The number of piperidine rings is 1. The Labute approximate surface area is 128 Å². The third-order valence-electron chi connectivity index (χ3n) is 5.18. The highest BCUT2D eigenvalue weighted by Crippen LogP contribution is 2.24. The van der Waals surface area contributed by atoms with Crippen molar-refractivity contribution in [2.24, 2.45) is 5.92 Å². The van der Waals surface area contributed by atoms with Gasteiger partial charge in [-0.1, -0.05) is 0 Å². The Balaban J connectivity index is 1.41. The van der Waals surface area contributed by atoms with Gasteiger partial charge >= 0.3 is 0 Å². The molecule has 0 aliphatic carbocycles. The van der Waals surface area contributed by atoms with E-state index in [1.807, 2.05) is 0 Å². The molecule has 1 atom stereocenters. The highest BCUT2D eigenvalue weighted by molar-refractivity contribution is 5.77. The summed E-state index contributed by atoms with van der Waals surface area (Å²) in [4.78, 5) is 19.1. The van der Waals surface area contributed by atoms with Crippen molar-refractivity contribution < 1.29 is 9.53 Å². The average molecular weight is 295 g/mol. The number of morpholine rings is 1. The Hall–Kier alpha value is -0.650. The van der Waals surface area contributed by atoms with Crippen LogP contribution < -0.4 is 0 Å². The molecule has 0 aromatic carbocycles. The molecule has 3 aliphatic heterocycles. The van der Waals surface area contributed by atoms with Crippen molar-refractivity contribution in [2.45, 2.75) is 38.8 Å². The smallest absolute Gasteiger partial charge is 0.222 e. The molecule has 3 rings (SSSR count). The molecule has 1 unspecified atom stereocenters. The maximum absolute atomic E-state index is 11.9. The maximum Gasteiger partial charge on any atom is 0.222 e. The van der Waals surface area contributed by atoms with Gasteiger partial charge in [0, 0.05) is 57.8 Å². The van der Waals surface area contributed by atoms with E-state index in [4.69, 9.17) is 4.74 Å². The van der Waals surface area contributed by atoms with Crippen molar-refractivity contribution in [3.05, 3.63) is 0 Å². The zero-order valence-electron chi connectivity index (χ0n) is 13.5. The Morgan fingerprint density at radius 2 is 1.90 bits per heavy atom.